The second-order valence-corrected chi connectivity index (χ2v) is 24.3. The predicted molar refractivity (Wildman–Crippen MR) is 335 cm³/mol. The van der Waals surface area contributed by atoms with Crippen molar-refractivity contribution in [1.29, 1.82) is 0 Å². The van der Waals surface area contributed by atoms with Crippen LogP contribution in [0.3, 0.4) is 0 Å². The summed E-state index contributed by atoms with van der Waals surface area (Å²) in [5.41, 5.74) is 19.1. The summed E-state index contributed by atoms with van der Waals surface area (Å²) in [6.45, 7) is 28.4. The number of rotatable bonds is 10. The molecule has 0 nitrogen and oxygen atoms in total. The number of fused-ring (bicyclic) bond motifs is 11. The van der Waals surface area contributed by atoms with Crippen molar-refractivity contribution in [2.75, 3.05) is 0 Å². The average molecular weight is 983 g/mol. The first kappa shape index (κ1) is 48.1. The van der Waals surface area contributed by atoms with Crippen molar-refractivity contribution < 1.29 is 0 Å². The van der Waals surface area contributed by atoms with Crippen molar-refractivity contribution in [1.82, 2.24) is 0 Å². The van der Waals surface area contributed by atoms with E-state index in [2.05, 4.69) is 253 Å². The highest BCUT2D eigenvalue weighted by atomic mass is 14.3. The molecule has 13 aromatic rings. The van der Waals surface area contributed by atoms with Crippen LogP contribution in [0, 0.1) is 0 Å². The smallest absolute Gasteiger partial charge is 0.00195 e. The molecule has 0 saturated carbocycles. The first-order valence-corrected chi connectivity index (χ1v) is 28.4. The zero-order chi connectivity index (χ0) is 52.6. The molecular weight excluding hydrogens is 913 g/mol. The van der Waals surface area contributed by atoms with E-state index in [4.69, 9.17) is 0 Å². The van der Waals surface area contributed by atoms with Gasteiger partial charge >= 0.3 is 0 Å². The molecule has 0 unspecified atom stereocenters. The first-order valence-electron chi connectivity index (χ1n) is 28.4. The Hall–Kier alpha value is -7.54. The van der Waals surface area contributed by atoms with Gasteiger partial charge in [0.2, 0.25) is 0 Å². The van der Waals surface area contributed by atoms with E-state index in [1.54, 1.807) is 0 Å². The number of benzene rings is 11. The van der Waals surface area contributed by atoms with Crippen LogP contribution in [0.4, 0.5) is 0 Å². The first-order chi connectivity index (χ1) is 36.6. The zero-order valence-corrected chi connectivity index (χ0v) is 46.6. The van der Waals surface area contributed by atoms with Crippen LogP contribution in [0.15, 0.2) is 170 Å². The van der Waals surface area contributed by atoms with E-state index in [9.17, 15) is 0 Å². The molecule has 0 fully saturated rings. The van der Waals surface area contributed by atoms with Crippen LogP contribution >= 0.6 is 0 Å². The van der Waals surface area contributed by atoms with Crippen LogP contribution in [0.5, 0.6) is 0 Å². The van der Waals surface area contributed by atoms with Crippen molar-refractivity contribution in [2.24, 2.45) is 0 Å². The van der Waals surface area contributed by atoms with Gasteiger partial charge in [-0.05, 0) is 248 Å². The highest BCUT2D eigenvalue weighted by molar-refractivity contribution is 6.41. The van der Waals surface area contributed by atoms with Crippen LogP contribution < -0.4 is 0 Å². The number of hydrogen-bond donors (Lipinski definition) is 0. The third-order valence-corrected chi connectivity index (χ3v) is 17.5. The zero-order valence-electron chi connectivity index (χ0n) is 46.6. The van der Waals surface area contributed by atoms with Gasteiger partial charge in [0.05, 0.1) is 0 Å². The van der Waals surface area contributed by atoms with E-state index in [1.165, 1.54) is 164 Å². The SMILES string of the molecule is CC(C)c1cc(C(C)C)c(-c2cc3c4ccc5c(cc6c7ccc(-c8ccccc8)cc7c7cc(-c8c(C(C)C)cc(C(C)C)cc8C(C)C)cc5c76)c4cc4c5ccc(-c6ccccc6)cc5c(c2)c34)c(C(C)C)c1. The van der Waals surface area contributed by atoms with Gasteiger partial charge in [-0.2, -0.15) is 0 Å². The van der Waals surface area contributed by atoms with Crippen LogP contribution in [-0.2, 0) is 0 Å². The molecule has 0 amide bonds. The quantitative estimate of drug-likeness (QED) is 0.120. The fourth-order valence-electron chi connectivity index (χ4n) is 13.5. The summed E-state index contributed by atoms with van der Waals surface area (Å²) in [4.78, 5) is 0. The van der Waals surface area contributed by atoms with Gasteiger partial charge in [-0.3, -0.25) is 0 Å². The summed E-state index contributed by atoms with van der Waals surface area (Å²) in [7, 11) is 0. The second-order valence-electron chi connectivity index (χ2n) is 24.3. The molecule has 0 aromatic heterocycles. The Bertz CT molecular complexity index is 4080. The Morgan fingerprint density at radius 1 is 0.197 bits per heavy atom. The molecule has 0 heteroatoms. The predicted octanol–water partition coefficient (Wildman–Crippen LogP) is 23.2. The highest BCUT2D eigenvalue weighted by Crippen LogP contribution is 2.52. The molecule has 374 valence electrons. The molecular formula is C76H70. The van der Waals surface area contributed by atoms with Gasteiger partial charge in [0.15, 0.2) is 0 Å². The summed E-state index contributed by atoms with van der Waals surface area (Å²) >= 11 is 0. The van der Waals surface area contributed by atoms with Gasteiger partial charge in [0, 0.05) is 0 Å². The van der Waals surface area contributed by atoms with Crippen molar-refractivity contribution in [2.45, 2.75) is 119 Å². The highest BCUT2D eigenvalue weighted by Gasteiger charge is 2.26. The molecule has 0 spiro atoms. The largest absolute Gasteiger partial charge is 0.0622 e. The standard InChI is InChI=1S/C76H70/c1-41(2)51-31-59(43(5)6)73(60(32-51)44(7)8)53-35-67-57-27-28-58-66(65(57)39-71-55-25-23-49(47-19-15-13-16-20-47)29-63(55)69(37-53)75(67)71)40-72-56-26-24-50(48-21-17-14-18-22-48)30-64(56)70-38-54(36-68(58)76(70)72)74-61(45(9)10)33-52(42(3)4)34-62(74)46(11)12/h13-46H,1-12H3. The normalized spacial score (nSPS) is 12.7. The Labute approximate surface area is 450 Å². The molecule has 0 aliphatic rings. The molecule has 0 radical (unpaired) electrons. The monoisotopic (exact) mass is 983 g/mol. The maximum atomic E-state index is 2.58. The lowest BCUT2D eigenvalue weighted by Crippen LogP contribution is -2.03. The average Bonchev–Trinajstić information content (AvgIpc) is 4.13. The molecule has 0 aliphatic carbocycles. The minimum Gasteiger partial charge on any atom is -0.0622 e. The maximum absolute atomic E-state index is 2.58. The van der Waals surface area contributed by atoms with E-state index in [0.29, 0.717) is 35.5 Å². The van der Waals surface area contributed by atoms with Crippen LogP contribution in [0.25, 0.3) is 131 Å². The van der Waals surface area contributed by atoms with Crippen molar-refractivity contribution >= 4 is 86.2 Å². The van der Waals surface area contributed by atoms with Gasteiger partial charge in [0.1, 0.15) is 0 Å². The molecule has 0 heterocycles. The van der Waals surface area contributed by atoms with Crippen molar-refractivity contribution in [3.05, 3.63) is 203 Å². The second kappa shape index (κ2) is 18.1. The minimum atomic E-state index is 0.364. The van der Waals surface area contributed by atoms with Gasteiger partial charge in [0.25, 0.3) is 0 Å². The lowest BCUT2D eigenvalue weighted by Gasteiger charge is -2.24. The maximum Gasteiger partial charge on any atom is -0.00195 e. The van der Waals surface area contributed by atoms with Crippen LogP contribution in [0.1, 0.15) is 152 Å². The van der Waals surface area contributed by atoms with E-state index >= 15 is 0 Å². The van der Waals surface area contributed by atoms with Gasteiger partial charge in [-0.25, -0.2) is 0 Å². The molecule has 76 heavy (non-hydrogen) atoms. The summed E-state index contributed by atoms with van der Waals surface area (Å²) in [5, 5.41) is 21.3. The van der Waals surface area contributed by atoms with Crippen molar-refractivity contribution in [3.63, 3.8) is 0 Å². The van der Waals surface area contributed by atoms with E-state index in [0.717, 1.165) is 0 Å². The summed E-state index contributed by atoms with van der Waals surface area (Å²) in [6, 6.07) is 66.8. The van der Waals surface area contributed by atoms with E-state index in [1.807, 2.05) is 0 Å². The van der Waals surface area contributed by atoms with Gasteiger partial charge in [-0.1, -0.05) is 204 Å². The van der Waals surface area contributed by atoms with Crippen LogP contribution in [-0.4, -0.2) is 0 Å². The van der Waals surface area contributed by atoms with E-state index in [-0.39, 0.29) is 0 Å². The lowest BCUT2D eigenvalue weighted by atomic mass is 9.80. The summed E-state index contributed by atoms with van der Waals surface area (Å²) in [5.74, 6) is 2.35. The third-order valence-electron chi connectivity index (χ3n) is 17.5. The molecule has 0 saturated heterocycles. The lowest BCUT2D eigenvalue weighted by molar-refractivity contribution is 0.807. The van der Waals surface area contributed by atoms with Crippen LogP contribution in [0.2, 0.25) is 0 Å². The molecule has 0 N–H and O–H groups in total. The number of hydrogen-bond acceptors (Lipinski definition) is 0. The molecule has 13 rings (SSSR count). The Morgan fingerprint density at radius 3 is 0.763 bits per heavy atom. The molecule has 0 bridgehead atoms. The Kier molecular flexibility index (Phi) is 11.4. The van der Waals surface area contributed by atoms with E-state index < -0.39 is 0 Å². The molecule has 0 aliphatic heterocycles. The van der Waals surface area contributed by atoms with Crippen molar-refractivity contribution in [3.8, 4) is 44.5 Å². The third kappa shape index (κ3) is 7.45. The molecule has 0 atom stereocenters. The fourth-order valence-corrected chi connectivity index (χ4v) is 13.5. The summed E-state index contributed by atoms with van der Waals surface area (Å²) in [6.07, 6.45) is 0. The Balaban J connectivity index is 1.19. The van der Waals surface area contributed by atoms with Gasteiger partial charge in [-0.15, -0.1) is 0 Å². The topological polar surface area (TPSA) is 0 Å². The minimum absolute atomic E-state index is 0.364. The Morgan fingerprint density at radius 2 is 0.461 bits per heavy atom. The van der Waals surface area contributed by atoms with Gasteiger partial charge < -0.3 is 0 Å². The summed E-state index contributed by atoms with van der Waals surface area (Å²) < 4.78 is 0. The fraction of sp³-hybridized carbons (Fsp3) is 0.237. The molecule has 13 aromatic carbocycles.